The quantitative estimate of drug-likeness (QED) is 0.749. The fourth-order valence-electron chi connectivity index (χ4n) is 4.00. The molecule has 4 rings (SSSR count). The van der Waals surface area contributed by atoms with Gasteiger partial charge < -0.3 is 14.9 Å². The summed E-state index contributed by atoms with van der Waals surface area (Å²) in [6.45, 7) is 3.70. The normalized spacial score (nSPS) is 18.0. The average Bonchev–Trinajstić information content (AvgIpc) is 2.81. The van der Waals surface area contributed by atoms with Crippen LogP contribution in [0.4, 0.5) is 19.1 Å². The fraction of sp³-hybridized carbons (Fsp3) is 0.476. The Hall–Kier alpha value is -3.24. The number of aliphatic carboxylic acids is 1. The number of halogens is 3. The van der Waals surface area contributed by atoms with E-state index >= 15 is 0 Å². The van der Waals surface area contributed by atoms with Crippen LogP contribution in [0.15, 0.2) is 43.0 Å². The number of piperidine rings is 2. The van der Waals surface area contributed by atoms with Gasteiger partial charge in [0, 0.05) is 56.5 Å². The monoisotopic (exact) mass is 451 g/mol. The van der Waals surface area contributed by atoms with Crippen molar-refractivity contribution in [3.8, 4) is 0 Å². The second-order valence-corrected chi connectivity index (χ2v) is 7.87. The van der Waals surface area contributed by atoms with Crippen molar-refractivity contribution in [3.63, 3.8) is 0 Å². The molecule has 172 valence electrons. The van der Waals surface area contributed by atoms with Crippen molar-refractivity contribution < 1.29 is 27.9 Å². The van der Waals surface area contributed by atoms with Crippen LogP contribution >= 0.6 is 0 Å². The Morgan fingerprint density at radius 3 is 1.91 bits per heavy atom. The van der Waals surface area contributed by atoms with Crippen molar-refractivity contribution >= 4 is 17.8 Å². The Morgan fingerprint density at radius 1 is 0.906 bits per heavy atom. The molecular formula is C21H24F3N5O3. The number of carboxylic acids is 1. The molecule has 0 bridgehead atoms. The largest absolute Gasteiger partial charge is 0.490 e. The summed E-state index contributed by atoms with van der Waals surface area (Å²) in [6.07, 6.45) is 6.37. The Balaban J connectivity index is 0.000000360. The molecule has 2 aliphatic heterocycles. The maximum atomic E-state index is 12.6. The first-order chi connectivity index (χ1) is 15.2. The topological polar surface area (TPSA) is 99.5 Å². The summed E-state index contributed by atoms with van der Waals surface area (Å²) < 4.78 is 31.7. The van der Waals surface area contributed by atoms with Crippen molar-refractivity contribution in [1.82, 2.24) is 19.9 Å². The number of carbonyl (C=O) groups is 2. The second kappa shape index (κ2) is 9.92. The molecular weight excluding hydrogens is 427 g/mol. The molecule has 2 saturated heterocycles. The van der Waals surface area contributed by atoms with Gasteiger partial charge in [-0.05, 0) is 49.3 Å². The van der Waals surface area contributed by atoms with Crippen molar-refractivity contribution in [2.75, 3.05) is 31.1 Å². The van der Waals surface area contributed by atoms with Crippen LogP contribution in [0.25, 0.3) is 0 Å². The van der Waals surface area contributed by atoms with Gasteiger partial charge in [-0.15, -0.1) is 0 Å². The van der Waals surface area contributed by atoms with Crippen molar-refractivity contribution in [2.24, 2.45) is 5.41 Å². The number of carbonyl (C=O) groups excluding carboxylic acids is 1. The van der Waals surface area contributed by atoms with E-state index in [1.54, 1.807) is 36.9 Å². The lowest BCUT2D eigenvalue weighted by molar-refractivity contribution is -0.192. The summed E-state index contributed by atoms with van der Waals surface area (Å²) >= 11 is 0. The summed E-state index contributed by atoms with van der Waals surface area (Å²) in [5.74, 6) is -1.79. The number of aromatic nitrogens is 3. The van der Waals surface area contributed by atoms with E-state index in [2.05, 4.69) is 19.9 Å². The zero-order valence-corrected chi connectivity index (χ0v) is 17.3. The Morgan fingerprint density at radius 2 is 1.41 bits per heavy atom. The first-order valence-electron chi connectivity index (χ1n) is 10.2. The summed E-state index contributed by atoms with van der Waals surface area (Å²) in [4.78, 5) is 38.5. The van der Waals surface area contributed by atoms with E-state index in [4.69, 9.17) is 9.90 Å². The van der Waals surface area contributed by atoms with Gasteiger partial charge in [-0.25, -0.2) is 14.8 Å². The van der Waals surface area contributed by atoms with Crippen LogP contribution in [0.5, 0.6) is 0 Å². The summed E-state index contributed by atoms with van der Waals surface area (Å²) in [6, 6.07) is 5.45. The maximum Gasteiger partial charge on any atom is 0.490 e. The van der Waals surface area contributed by atoms with Gasteiger partial charge >= 0.3 is 12.1 Å². The molecule has 1 N–H and O–H groups in total. The van der Waals surface area contributed by atoms with E-state index in [9.17, 15) is 18.0 Å². The van der Waals surface area contributed by atoms with Gasteiger partial charge in [0.1, 0.15) is 0 Å². The van der Waals surface area contributed by atoms with Gasteiger partial charge in [-0.1, -0.05) is 0 Å². The van der Waals surface area contributed by atoms with Gasteiger partial charge in [0.25, 0.3) is 5.91 Å². The Kier molecular flexibility index (Phi) is 7.26. The van der Waals surface area contributed by atoms with E-state index in [-0.39, 0.29) is 5.91 Å². The molecule has 32 heavy (non-hydrogen) atoms. The molecule has 0 atom stereocenters. The number of carboxylic acid groups (broad SMARTS) is 1. The lowest BCUT2D eigenvalue weighted by Crippen LogP contribution is -2.48. The lowest BCUT2D eigenvalue weighted by Gasteiger charge is -2.46. The number of nitrogens with zero attached hydrogens (tertiary/aromatic N) is 5. The minimum absolute atomic E-state index is 0.132. The van der Waals surface area contributed by atoms with Crippen LogP contribution in [-0.2, 0) is 4.79 Å². The first kappa shape index (κ1) is 23.4. The second-order valence-electron chi connectivity index (χ2n) is 7.87. The molecule has 11 heteroatoms. The minimum atomic E-state index is -5.08. The molecule has 1 spiro atoms. The molecule has 8 nitrogen and oxygen atoms in total. The smallest absolute Gasteiger partial charge is 0.475 e. The minimum Gasteiger partial charge on any atom is -0.475 e. The van der Waals surface area contributed by atoms with Gasteiger partial charge in [-0.2, -0.15) is 13.2 Å². The van der Waals surface area contributed by atoms with E-state index < -0.39 is 12.1 Å². The van der Waals surface area contributed by atoms with Crippen molar-refractivity contribution in [1.29, 1.82) is 0 Å². The van der Waals surface area contributed by atoms with Crippen LogP contribution in [0.1, 0.15) is 36.0 Å². The molecule has 0 aromatic carbocycles. The summed E-state index contributed by atoms with van der Waals surface area (Å²) in [5.41, 5.74) is 1.11. The number of likely N-dealkylation sites (tertiary alicyclic amines) is 1. The lowest BCUT2D eigenvalue weighted by atomic mass is 9.71. The number of hydrogen-bond donors (Lipinski definition) is 1. The maximum absolute atomic E-state index is 12.6. The molecule has 1 amide bonds. The fourth-order valence-corrected chi connectivity index (χ4v) is 4.00. The number of amides is 1. The molecule has 2 aromatic rings. The van der Waals surface area contributed by atoms with Crippen molar-refractivity contribution in [2.45, 2.75) is 31.9 Å². The van der Waals surface area contributed by atoms with Crippen LogP contribution in [0.3, 0.4) is 0 Å². The van der Waals surface area contributed by atoms with Crippen LogP contribution < -0.4 is 4.90 Å². The number of pyridine rings is 1. The molecule has 0 aliphatic carbocycles. The van der Waals surface area contributed by atoms with Crippen LogP contribution in [-0.4, -0.2) is 69.2 Å². The number of hydrogen-bond acceptors (Lipinski definition) is 6. The molecule has 0 saturated carbocycles. The van der Waals surface area contributed by atoms with Gasteiger partial charge in [0.05, 0.1) is 0 Å². The van der Waals surface area contributed by atoms with E-state index in [0.29, 0.717) is 5.41 Å². The highest BCUT2D eigenvalue weighted by Gasteiger charge is 2.39. The average molecular weight is 451 g/mol. The molecule has 2 aromatic heterocycles. The first-order valence-corrected chi connectivity index (χ1v) is 10.2. The number of anilines is 1. The third-order valence-corrected chi connectivity index (χ3v) is 5.94. The molecule has 0 unspecified atom stereocenters. The third-order valence-electron chi connectivity index (χ3n) is 5.94. The predicted octanol–water partition coefficient (Wildman–Crippen LogP) is 3.03. The standard InChI is InChI=1S/C19H23N5O.C2HF3O2/c25-17(16-2-10-20-11-3-16)23-12-4-19(5-13-23)6-14-24(15-7-19)18-21-8-1-9-22-18;3-2(4,5)1(6)7/h1-3,8-11H,4-7,12-15H2;(H,6,7). The molecule has 2 fully saturated rings. The zero-order chi connectivity index (χ0) is 23.2. The van der Waals surface area contributed by atoms with E-state index in [1.807, 2.05) is 11.0 Å². The number of rotatable bonds is 2. The van der Waals surface area contributed by atoms with Crippen LogP contribution in [0.2, 0.25) is 0 Å². The molecule has 2 aliphatic rings. The van der Waals surface area contributed by atoms with E-state index in [1.165, 1.54) is 0 Å². The molecule has 0 radical (unpaired) electrons. The van der Waals surface area contributed by atoms with Crippen LogP contribution in [0, 0.1) is 5.41 Å². The summed E-state index contributed by atoms with van der Waals surface area (Å²) in [5, 5.41) is 7.12. The Labute approximate surface area is 183 Å². The highest BCUT2D eigenvalue weighted by molar-refractivity contribution is 5.94. The number of alkyl halides is 3. The SMILES string of the molecule is O=C(O)C(F)(F)F.O=C(c1ccncc1)N1CCC2(CC1)CCN(c1ncccn1)CC2. The zero-order valence-electron chi connectivity index (χ0n) is 17.3. The highest BCUT2D eigenvalue weighted by atomic mass is 19.4. The predicted molar refractivity (Wildman–Crippen MR) is 109 cm³/mol. The van der Waals surface area contributed by atoms with Gasteiger partial charge in [0.2, 0.25) is 5.95 Å². The van der Waals surface area contributed by atoms with E-state index in [0.717, 1.165) is 63.4 Å². The Bertz CT molecular complexity index is 894. The van der Waals surface area contributed by atoms with Gasteiger partial charge in [-0.3, -0.25) is 9.78 Å². The molecule has 4 heterocycles. The third kappa shape index (κ3) is 5.92. The van der Waals surface area contributed by atoms with Gasteiger partial charge in [0.15, 0.2) is 0 Å². The van der Waals surface area contributed by atoms with Crippen molar-refractivity contribution in [3.05, 3.63) is 48.5 Å². The highest BCUT2D eigenvalue weighted by Crippen LogP contribution is 2.41. The summed E-state index contributed by atoms with van der Waals surface area (Å²) in [7, 11) is 0.